The van der Waals surface area contributed by atoms with E-state index in [4.69, 9.17) is 11.5 Å². The monoisotopic (exact) mass is 164 g/mol. The third-order valence-corrected chi connectivity index (χ3v) is 1.70. The number of hydrogen-bond donors (Lipinski definition) is 1. The molecule has 1 atom stereocenters. The minimum Gasteiger partial charge on any atom is -0.508 e. The first-order chi connectivity index (χ1) is 5.65. The van der Waals surface area contributed by atoms with E-state index in [1.807, 2.05) is 0 Å². The van der Waals surface area contributed by atoms with Gasteiger partial charge in [0, 0.05) is 17.5 Å². The molecule has 0 spiro atoms. The lowest BCUT2D eigenvalue weighted by molar-refractivity contribution is 0.467. The summed E-state index contributed by atoms with van der Waals surface area (Å²) in [6, 6.07) is 3.98. The summed E-state index contributed by atoms with van der Waals surface area (Å²) in [5.41, 5.74) is 0.440. The molecular weight excluding hydrogens is 155 g/mol. The Kier molecular flexibility index (Phi) is 2.35. The highest BCUT2D eigenvalue weighted by Gasteiger charge is 2.07. The third-order valence-electron chi connectivity index (χ3n) is 1.70. The molecular formula is C10H9FO. The van der Waals surface area contributed by atoms with E-state index in [0.717, 1.165) is 6.07 Å². The Bertz CT molecular complexity index is 325. The van der Waals surface area contributed by atoms with Crippen molar-refractivity contribution in [1.82, 2.24) is 0 Å². The number of terminal acetylenes is 1. The van der Waals surface area contributed by atoms with Gasteiger partial charge in [0.1, 0.15) is 11.6 Å². The van der Waals surface area contributed by atoms with Crippen LogP contribution in [0.1, 0.15) is 18.4 Å². The normalized spacial score (nSPS) is 12.1. The van der Waals surface area contributed by atoms with E-state index in [-0.39, 0.29) is 11.7 Å². The average Bonchev–Trinajstić information content (AvgIpc) is 2.03. The second kappa shape index (κ2) is 3.27. The van der Waals surface area contributed by atoms with Crippen LogP contribution in [0.15, 0.2) is 18.2 Å². The number of hydrogen-bond acceptors (Lipinski definition) is 1. The Labute approximate surface area is 70.9 Å². The maximum absolute atomic E-state index is 13.0. The zero-order valence-corrected chi connectivity index (χ0v) is 6.71. The van der Waals surface area contributed by atoms with Crippen LogP contribution >= 0.6 is 0 Å². The van der Waals surface area contributed by atoms with Gasteiger partial charge in [-0.1, -0.05) is 12.0 Å². The molecule has 0 bridgehead atoms. The van der Waals surface area contributed by atoms with Gasteiger partial charge in [-0.3, -0.25) is 0 Å². The summed E-state index contributed by atoms with van der Waals surface area (Å²) in [4.78, 5) is 0. The second-order valence-electron chi connectivity index (χ2n) is 2.59. The first kappa shape index (κ1) is 8.61. The summed E-state index contributed by atoms with van der Waals surface area (Å²) < 4.78 is 13.0. The quantitative estimate of drug-likeness (QED) is 0.631. The molecule has 1 rings (SSSR count). The van der Waals surface area contributed by atoms with Gasteiger partial charge < -0.3 is 5.11 Å². The van der Waals surface area contributed by atoms with Crippen LogP contribution in [0.5, 0.6) is 5.75 Å². The summed E-state index contributed by atoms with van der Waals surface area (Å²) in [6.07, 6.45) is 5.13. The molecule has 0 aromatic heterocycles. The second-order valence-corrected chi connectivity index (χ2v) is 2.59. The van der Waals surface area contributed by atoms with Crippen LogP contribution in [0.3, 0.4) is 0 Å². The molecule has 1 nitrogen and oxygen atoms in total. The van der Waals surface area contributed by atoms with Gasteiger partial charge in [0.15, 0.2) is 0 Å². The molecule has 0 aliphatic rings. The first-order valence-electron chi connectivity index (χ1n) is 3.59. The van der Waals surface area contributed by atoms with E-state index in [0.29, 0.717) is 5.56 Å². The fourth-order valence-corrected chi connectivity index (χ4v) is 0.957. The number of halogens is 1. The molecule has 1 aromatic carbocycles. The lowest BCUT2D eigenvalue weighted by atomic mass is 10.0. The summed E-state index contributed by atoms with van der Waals surface area (Å²) in [6.45, 7) is 1.73. The van der Waals surface area contributed by atoms with Crippen LogP contribution in [0.4, 0.5) is 4.39 Å². The van der Waals surface area contributed by atoms with Crippen LogP contribution in [-0.2, 0) is 0 Å². The molecule has 0 heterocycles. The maximum atomic E-state index is 13.0. The molecule has 0 aliphatic carbocycles. The van der Waals surface area contributed by atoms with E-state index >= 15 is 0 Å². The van der Waals surface area contributed by atoms with Crippen molar-refractivity contribution < 1.29 is 9.50 Å². The van der Waals surface area contributed by atoms with E-state index in [1.165, 1.54) is 12.1 Å². The lowest BCUT2D eigenvalue weighted by Gasteiger charge is -2.05. The van der Waals surface area contributed by atoms with Crippen molar-refractivity contribution >= 4 is 0 Å². The van der Waals surface area contributed by atoms with Gasteiger partial charge in [-0.15, -0.1) is 6.42 Å². The zero-order chi connectivity index (χ0) is 9.14. The zero-order valence-electron chi connectivity index (χ0n) is 6.71. The predicted molar refractivity (Wildman–Crippen MR) is 45.3 cm³/mol. The molecule has 0 fully saturated rings. The SMILES string of the molecule is C#CC(C)c1ccc(O)cc1F. The first-order valence-corrected chi connectivity index (χ1v) is 3.59. The van der Waals surface area contributed by atoms with Crippen molar-refractivity contribution in [1.29, 1.82) is 0 Å². The highest BCUT2D eigenvalue weighted by Crippen LogP contribution is 2.21. The van der Waals surface area contributed by atoms with Gasteiger partial charge in [0.25, 0.3) is 0 Å². The molecule has 12 heavy (non-hydrogen) atoms. The van der Waals surface area contributed by atoms with Crippen molar-refractivity contribution in [3.63, 3.8) is 0 Å². The fourth-order valence-electron chi connectivity index (χ4n) is 0.957. The van der Waals surface area contributed by atoms with Gasteiger partial charge in [-0.2, -0.15) is 0 Å². The number of phenolic OH excluding ortho intramolecular Hbond substituents is 1. The van der Waals surface area contributed by atoms with Crippen molar-refractivity contribution in [3.8, 4) is 18.1 Å². The molecule has 2 heteroatoms. The standard InChI is InChI=1S/C10H9FO/c1-3-7(2)9-5-4-8(12)6-10(9)11/h1,4-7,12H,2H3. The minimum atomic E-state index is -0.458. The van der Waals surface area contributed by atoms with Crippen molar-refractivity contribution in [2.75, 3.05) is 0 Å². The summed E-state index contributed by atoms with van der Waals surface area (Å²) >= 11 is 0. The Morgan fingerprint density at radius 2 is 2.25 bits per heavy atom. The fraction of sp³-hybridized carbons (Fsp3) is 0.200. The van der Waals surface area contributed by atoms with Gasteiger partial charge in [0.2, 0.25) is 0 Å². The Morgan fingerprint density at radius 3 is 2.75 bits per heavy atom. The molecule has 1 aromatic rings. The van der Waals surface area contributed by atoms with Crippen LogP contribution in [0.2, 0.25) is 0 Å². The predicted octanol–water partition coefficient (Wildman–Crippen LogP) is 2.27. The Hall–Kier alpha value is -1.49. The van der Waals surface area contributed by atoms with E-state index < -0.39 is 5.82 Å². The van der Waals surface area contributed by atoms with Crippen LogP contribution < -0.4 is 0 Å². The van der Waals surface area contributed by atoms with Crippen LogP contribution in [0, 0.1) is 18.2 Å². The smallest absolute Gasteiger partial charge is 0.131 e. The van der Waals surface area contributed by atoms with Crippen LogP contribution in [-0.4, -0.2) is 5.11 Å². The molecule has 0 aliphatic heterocycles. The molecule has 0 saturated heterocycles. The summed E-state index contributed by atoms with van der Waals surface area (Å²) in [5.74, 6) is 1.62. The van der Waals surface area contributed by atoms with Gasteiger partial charge in [-0.25, -0.2) is 4.39 Å². The number of aromatic hydroxyl groups is 1. The maximum Gasteiger partial charge on any atom is 0.131 e. The molecule has 1 unspecified atom stereocenters. The van der Waals surface area contributed by atoms with E-state index in [2.05, 4.69) is 5.92 Å². The molecule has 0 radical (unpaired) electrons. The van der Waals surface area contributed by atoms with E-state index in [9.17, 15) is 4.39 Å². The average molecular weight is 164 g/mol. The Morgan fingerprint density at radius 1 is 1.58 bits per heavy atom. The minimum absolute atomic E-state index is 0.0829. The van der Waals surface area contributed by atoms with Gasteiger partial charge >= 0.3 is 0 Å². The van der Waals surface area contributed by atoms with Crippen molar-refractivity contribution in [2.24, 2.45) is 0 Å². The largest absolute Gasteiger partial charge is 0.508 e. The van der Waals surface area contributed by atoms with Crippen molar-refractivity contribution in [2.45, 2.75) is 12.8 Å². The molecule has 1 N–H and O–H groups in total. The Balaban J connectivity index is 3.11. The number of benzene rings is 1. The molecule has 62 valence electrons. The van der Waals surface area contributed by atoms with Gasteiger partial charge in [-0.05, 0) is 13.0 Å². The lowest BCUT2D eigenvalue weighted by Crippen LogP contribution is -1.93. The van der Waals surface area contributed by atoms with Crippen LogP contribution in [0.25, 0.3) is 0 Å². The highest BCUT2D eigenvalue weighted by atomic mass is 19.1. The third kappa shape index (κ3) is 1.57. The molecule has 0 saturated carbocycles. The number of rotatable bonds is 1. The summed E-state index contributed by atoms with van der Waals surface area (Å²) in [5, 5.41) is 8.90. The molecule has 0 amide bonds. The van der Waals surface area contributed by atoms with E-state index in [1.54, 1.807) is 6.92 Å². The topological polar surface area (TPSA) is 20.2 Å². The summed E-state index contributed by atoms with van der Waals surface area (Å²) in [7, 11) is 0. The highest BCUT2D eigenvalue weighted by molar-refractivity contribution is 5.32. The van der Waals surface area contributed by atoms with Gasteiger partial charge in [0.05, 0.1) is 0 Å². The number of phenols is 1. The van der Waals surface area contributed by atoms with Crippen molar-refractivity contribution in [3.05, 3.63) is 29.6 Å².